The molecule has 0 saturated carbocycles. The Labute approximate surface area is 169 Å². The Balaban J connectivity index is 1.64. The molecule has 0 atom stereocenters. The quantitative estimate of drug-likeness (QED) is 0.641. The standard InChI is InChI=1S/C20H23N3O3S2/c1-22(2)28(25,26)17-8-6-7-16(11-17)21-20(24)13-23(3)12-15-14-27-19-10-5-4-9-18(15)19/h4-11,14H,12-13H2,1-3H3,(H,21,24). The zero-order chi connectivity index (χ0) is 20.3. The third kappa shape index (κ3) is 4.59. The van der Waals surface area contributed by atoms with Gasteiger partial charge in [0.2, 0.25) is 15.9 Å². The van der Waals surface area contributed by atoms with E-state index in [1.54, 1.807) is 23.5 Å². The lowest BCUT2D eigenvalue weighted by molar-refractivity contribution is -0.117. The number of hydrogen-bond donors (Lipinski definition) is 1. The Morgan fingerprint density at radius 2 is 1.82 bits per heavy atom. The predicted molar refractivity (Wildman–Crippen MR) is 114 cm³/mol. The number of thiophene rings is 1. The van der Waals surface area contributed by atoms with Crippen LogP contribution in [0.5, 0.6) is 0 Å². The number of carbonyl (C=O) groups is 1. The summed E-state index contributed by atoms with van der Waals surface area (Å²) in [5.74, 6) is -0.193. The first kappa shape index (κ1) is 20.5. The number of nitrogens with zero attached hydrogens (tertiary/aromatic N) is 2. The molecular weight excluding hydrogens is 394 g/mol. The number of sulfonamides is 1. The predicted octanol–water partition coefficient (Wildman–Crippen LogP) is 3.22. The number of anilines is 1. The van der Waals surface area contributed by atoms with Crippen LogP contribution in [0.3, 0.4) is 0 Å². The first-order chi connectivity index (χ1) is 13.3. The third-order valence-electron chi connectivity index (χ3n) is 4.31. The molecule has 0 fully saturated rings. The highest BCUT2D eigenvalue weighted by Crippen LogP contribution is 2.26. The third-order valence-corrected chi connectivity index (χ3v) is 7.13. The van der Waals surface area contributed by atoms with Crippen molar-refractivity contribution in [1.29, 1.82) is 0 Å². The topological polar surface area (TPSA) is 69.7 Å². The SMILES string of the molecule is CN(CC(=O)Nc1cccc(S(=O)(=O)N(C)C)c1)Cc1csc2ccccc12. The normalized spacial score (nSPS) is 12.0. The van der Waals surface area contributed by atoms with Crippen LogP contribution in [0.4, 0.5) is 5.69 Å². The first-order valence-corrected chi connectivity index (χ1v) is 11.1. The maximum absolute atomic E-state index is 12.4. The first-order valence-electron chi connectivity index (χ1n) is 8.73. The molecule has 0 spiro atoms. The van der Waals surface area contributed by atoms with Gasteiger partial charge in [-0.05, 0) is 47.6 Å². The Morgan fingerprint density at radius 1 is 1.07 bits per heavy atom. The van der Waals surface area contributed by atoms with E-state index in [0.717, 1.165) is 4.31 Å². The molecule has 0 radical (unpaired) electrons. The van der Waals surface area contributed by atoms with E-state index in [0.29, 0.717) is 12.2 Å². The van der Waals surface area contributed by atoms with Crippen LogP contribution >= 0.6 is 11.3 Å². The van der Waals surface area contributed by atoms with Gasteiger partial charge in [-0.3, -0.25) is 9.69 Å². The lowest BCUT2D eigenvalue weighted by Crippen LogP contribution is -2.30. The van der Waals surface area contributed by atoms with Gasteiger partial charge in [0.15, 0.2) is 0 Å². The zero-order valence-electron chi connectivity index (χ0n) is 16.0. The van der Waals surface area contributed by atoms with E-state index in [1.165, 1.54) is 41.9 Å². The summed E-state index contributed by atoms with van der Waals surface area (Å²) in [5, 5.41) is 6.11. The molecule has 0 aliphatic heterocycles. The average molecular weight is 418 g/mol. The van der Waals surface area contributed by atoms with Gasteiger partial charge in [0.05, 0.1) is 11.4 Å². The van der Waals surface area contributed by atoms with Crippen molar-refractivity contribution in [3.05, 3.63) is 59.5 Å². The minimum absolute atomic E-state index is 0.147. The summed E-state index contributed by atoms with van der Waals surface area (Å²) in [7, 11) is 1.30. The molecule has 0 aliphatic rings. The summed E-state index contributed by atoms with van der Waals surface area (Å²) in [4.78, 5) is 14.5. The van der Waals surface area contributed by atoms with Crippen molar-refractivity contribution < 1.29 is 13.2 Å². The van der Waals surface area contributed by atoms with Crippen molar-refractivity contribution in [2.24, 2.45) is 0 Å². The van der Waals surface area contributed by atoms with Crippen molar-refractivity contribution in [2.45, 2.75) is 11.4 Å². The molecule has 2 aromatic carbocycles. The van der Waals surface area contributed by atoms with E-state index in [-0.39, 0.29) is 17.3 Å². The maximum Gasteiger partial charge on any atom is 0.242 e. The molecule has 0 saturated heterocycles. The van der Waals surface area contributed by atoms with Gasteiger partial charge in [-0.1, -0.05) is 24.3 Å². The Hall–Kier alpha value is -2.26. The fourth-order valence-corrected chi connectivity index (χ4v) is 4.79. The lowest BCUT2D eigenvalue weighted by Gasteiger charge is -2.16. The summed E-state index contributed by atoms with van der Waals surface area (Å²) in [6, 6.07) is 14.5. The van der Waals surface area contributed by atoms with Crippen LogP contribution in [0.15, 0.2) is 58.8 Å². The molecule has 1 amide bonds. The second-order valence-electron chi connectivity index (χ2n) is 6.79. The van der Waals surface area contributed by atoms with Gasteiger partial charge in [0, 0.05) is 31.0 Å². The molecule has 3 rings (SSSR count). The Bertz CT molecular complexity index is 1090. The Morgan fingerprint density at radius 3 is 2.57 bits per heavy atom. The molecule has 8 heteroatoms. The minimum atomic E-state index is -3.54. The molecule has 28 heavy (non-hydrogen) atoms. The highest BCUT2D eigenvalue weighted by atomic mass is 32.2. The van der Waals surface area contributed by atoms with Gasteiger partial charge in [0.25, 0.3) is 0 Å². The monoisotopic (exact) mass is 417 g/mol. The van der Waals surface area contributed by atoms with Gasteiger partial charge in [0.1, 0.15) is 0 Å². The van der Waals surface area contributed by atoms with Crippen LogP contribution in [0.1, 0.15) is 5.56 Å². The van der Waals surface area contributed by atoms with E-state index < -0.39 is 10.0 Å². The second-order valence-corrected chi connectivity index (χ2v) is 9.86. The van der Waals surface area contributed by atoms with Crippen molar-refractivity contribution in [1.82, 2.24) is 9.21 Å². The summed E-state index contributed by atoms with van der Waals surface area (Å²) < 4.78 is 26.9. The maximum atomic E-state index is 12.4. The molecule has 1 N–H and O–H groups in total. The smallest absolute Gasteiger partial charge is 0.242 e. The minimum Gasteiger partial charge on any atom is -0.325 e. The molecule has 0 unspecified atom stereocenters. The van der Waals surface area contributed by atoms with Crippen LogP contribution in [-0.2, 0) is 21.4 Å². The number of hydrogen-bond acceptors (Lipinski definition) is 5. The van der Waals surface area contributed by atoms with Crippen molar-refractivity contribution in [3.63, 3.8) is 0 Å². The largest absolute Gasteiger partial charge is 0.325 e. The number of benzene rings is 2. The van der Waals surface area contributed by atoms with Crippen LogP contribution in [-0.4, -0.2) is 51.2 Å². The van der Waals surface area contributed by atoms with Crippen LogP contribution < -0.4 is 5.32 Å². The number of fused-ring (bicyclic) bond motifs is 1. The summed E-state index contributed by atoms with van der Waals surface area (Å²) in [5.41, 5.74) is 1.65. The molecule has 0 aliphatic carbocycles. The van der Waals surface area contributed by atoms with Gasteiger partial charge in [-0.2, -0.15) is 0 Å². The van der Waals surface area contributed by atoms with E-state index in [2.05, 4.69) is 22.8 Å². The molecular formula is C20H23N3O3S2. The fourth-order valence-electron chi connectivity index (χ4n) is 2.89. The molecule has 1 heterocycles. The van der Waals surface area contributed by atoms with E-state index in [4.69, 9.17) is 0 Å². The number of carbonyl (C=O) groups excluding carboxylic acids is 1. The molecule has 148 valence electrons. The second kappa shape index (κ2) is 8.40. The highest BCUT2D eigenvalue weighted by molar-refractivity contribution is 7.89. The highest BCUT2D eigenvalue weighted by Gasteiger charge is 2.18. The summed E-state index contributed by atoms with van der Waals surface area (Å²) in [6.45, 7) is 0.862. The van der Waals surface area contributed by atoms with Crippen LogP contribution in [0.2, 0.25) is 0 Å². The van der Waals surface area contributed by atoms with Gasteiger partial charge < -0.3 is 5.32 Å². The fraction of sp³-hybridized carbons (Fsp3) is 0.250. The zero-order valence-corrected chi connectivity index (χ0v) is 17.7. The number of rotatable bonds is 7. The summed E-state index contributed by atoms with van der Waals surface area (Å²) in [6.07, 6.45) is 0. The van der Waals surface area contributed by atoms with Gasteiger partial charge >= 0.3 is 0 Å². The molecule has 0 bridgehead atoms. The van der Waals surface area contributed by atoms with Gasteiger partial charge in [-0.15, -0.1) is 11.3 Å². The van der Waals surface area contributed by atoms with Crippen LogP contribution in [0.25, 0.3) is 10.1 Å². The number of likely N-dealkylation sites (N-methyl/N-ethyl adjacent to an activating group) is 1. The van der Waals surface area contributed by atoms with Crippen LogP contribution in [0, 0.1) is 0 Å². The lowest BCUT2D eigenvalue weighted by atomic mass is 10.2. The van der Waals surface area contributed by atoms with E-state index >= 15 is 0 Å². The molecule has 1 aromatic heterocycles. The van der Waals surface area contributed by atoms with Crippen molar-refractivity contribution >= 4 is 43.0 Å². The van der Waals surface area contributed by atoms with Crippen molar-refractivity contribution in [3.8, 4) is 0 Å². The number of nitrogens with one attached hydrogen (secondary N) is 1. The molecule has 6 nitrogen and oxygen atoms in total. The average Bonchev–Trinajstić information content (AvgIpc) is 3.04. The van der Waals surface area contributed by atoms with E-state index in [9.17, 15) is 13.2 Å². The van der Waals surface area contributed by atoms with Gasteiger partial charge in [-0.25, -0.2) is 12.7 Å². The Kier molecular flexibility index (Phi) is 6.14. The molecule has 3 aromatic rings. The number of amides is 1. The summed E-state index contributed by atoms with van der Waals surface area (Å²) >= 11 is 1.70. The van der Waals surface area contributed by atoms with E-state index in [1.807, 2.05) is 24.1 Å². The van der Waals surface area contributed by atoms with Crippen molar-refractivity contribution in [2.75, 3.05) is 33.0 Å².